The summed E-state index contributed by atoms with van der Waals surface area (Å²) in [5, 5.41) is 0. The van der Waals surface area contributed by atoms with Crippen LogP contribution in [0.1, 0.15) is 66.7 Å². The first-order valence-electron chi connectivity index (χ1n) is 7.20. The largest absolute Gasteiger partial charge is 0.214 e. The number of unbranched alkanes of at least 4 members (excludes halogenated alkanes) is 2. The molecule has 0 aromatic heterocycles. The number of hydrogen-bond donors (Lipinski definition) is 0. The second-order valence-electron chi connectivity index (χ2n) is 6.23. The fourth-order valence-electron chi connectivity index (χ4n) is 1.76. The molecule has 0 N–H and O–H groups in total. The molecule has 0 bridgehead atoms. The van der Waals surface area contributed by atoms with Gasteiger partial charge < -0.3 is 0 Å². The molecular weight excluding hydrogens is 246 g/mol. The van der Waals surface area contributed by atoms with Crippen molar-refractivity contribution in [3.8, 4) is 0 Å². The van der Waals surface area contributed by atoms with Crippen molar-refractivity contribution in [2.45, 2.75) is 66.7 Å². The van der Waals surface area contributed by atoms with Gasteiger partial charge in [-0.2, -0.15) is 0 Å². The second kappa shape index (κ2) is 8.16. The maximum Gasteiger partial charge on any atom is 0.214 e. The lowest BCUT2D eigenvalue weighted by Gasteiger charge is -2.26. The molecule has 0 aromatic rings. The zero-order valence-electron chi connectivity index (χ0n) is 12.8. The summed E-state index contributed by atoms with van der Waals surface area (Å²) in [4.78, 5) is 0. The van der Waals surface area contributed by atoms with Crippen molar-refractivity contribution in [2.75, 3.05) is 18.8 Å². The molecule has 0 unspecified atom stereocenters. The van der Waals surface area contributed by atoms with E-state index in [1.54, 1.807) is 4.31 Å². The molecule has 3 nitrogen and oxygen atoms in total. The van der Waals surface area contributed by atoms with Crippen molar-refractivity contribution in [3.05, 3.63) is 0 Å². The van der Waals surface area contributed by atoms with E-state index in [0.29, 0.717) is 18.8 Å². The summed E-state index contributed by atoms with van der Waals surface area (Å²) < 4.78 is 26.2. The Kier molecular flexibility index (Phi) is 8.11. The molecule has 0 aliphatic carbocycles. The van der Waals surface area contributed by atoms with Crippen LogP contribution < -0.4 is 0 Å². The molecule has 0 aliphatic rings. The second-order valence-corrected chi connectivity index (χ2v) is 8.32. The van der Waals surface area contributed by atoms with Gasteiger partial charge in [-0.25, -0.2) is 12.7 Å². The molecule has 0 aromatic carbocycles. The van der Waals surface area contributed by atoms with Gasteiger partial charge in [0.2, 0.25) is 10.0 Å². The normalized spacial score (nSPS) is 13.2. The van der Waals surface area contributed by atoms with Crippen LogP contribution in [-0.2, 0) is 10.0 Å². The van der Waals surface area contributed by atoms with Crippen LogP contribution in [-0.4, -0.2) is 31.6 Å². The van der Waals surface area contributed by atoms with E-state index in [-0.39, 0.29) is 5.41 Å². The van der Waals surface area contributed by atoms with Crippen LogP contribution in [0.4, 0.5) is 0 Å². The summed E-state index contributed by atoms with van der Waals surface area (Å²) in [5.74, 6) is 0.310. The van der Waals surface area contributed by atoms with Crippen molar-refractivity contribution < 1.29 is 8.42 Å². The zero-order chi connectivity index (χ0) is 14.2. The van der Waals surface area contributed by atoms with Gasteiger partial charge >= 0.3 is 0 Å². The fraction of sp³-hybridized carbons (Fsp3) is 1.00. The number of nitrogens with zero attached hydrogens (tertiary/aromatic N) is 1. The van der Waals surface area contributed by atoms with Gasteiger partial charge in [-0.15, -0.1) is 0 Å². The Morgan fingerprint density at radius 3 is 2.00 bits per heavy atom. The van der Waals surface area contributed by atoms with E-state index in [1.807, 2.05) is 6.92 Å². The van der Waals surface area contributed by atoms with E-state index in [1.165, 1.54) is 0 Å². The van der Waals surface area contributed by atoms with Crippen molar-refractivity contribution in [1.82, 2.24) is 4.31 Å². The topological polar surface area (TPSA) is 37.4 Å². The summed E-state index contributed by atoms with van der Waals surface area (Å²) in [7, 11) is -3.05. The van der Waals surface area contributed by atoms with Crippen molar-refractivity contribution in [2.24, 2.45) is 5.41 Å². The third kappa shape index (κ3) is 8.09. The number of rotatable bonds is 9. The van der Waals surface area contributed by atoms with Crippen molar-refractivity contribution >= 4 is 10.0 Å². The first-order valence-corrected chi connectivity index (χ1v) is 8.81. The highest BCUT2D eigenvalue weighted by atomic mass is 32.2. The highest BCUT2D eigenvalue weighted by Crippen LogP contribution is 2.20. The Hall–Kier alpha value is -0.0900. The Labute approximate surface area is 114 Å². The van der Waals surface area contributed by atoms with Crippen LogP contribution in [0.15, 0.2) is 0 Å². The van der Waals surface area contributed by atoms with Gasteiger partial charge in [0.25, 0.3) is 0 Å². The summed E-state index contributed by atoms with van der Waals surface area (Å²) in [5.41, 5.74) is 0.185. The Balaban J connectivity index is 4.46. The molecule has 0 radical (unpaired) electrons. The SMILES string of the molecule is CCCCCS(=O)(=O)N(CCC)CCC(C)(C)C. The highest BCUT2D eigenvalue weighted by molar-refractivity contribution is 7.89. The van der Waals surface area contributed by atoms with Gasteiger partial charge in [0, 0.05) is 13.1 Å². The highest BCUT2D eigenvalue weighted by Gasteiger charge is 2.22. The average molecular weight is 277 g/mol. The van der Waals surface area contributed by atoms with E-state index >= 15 is 0 Å². The molecule has 18 heavy (non-hydrogen) atoms. The minimum Gasteiger partial charge on any atom is -0.212 e. The van der Waals surface area contributed by atoms with Gasteiger partial charge in [-0.1, -0.05) is 47.5 Å². The quantitative estimate of drug-likeness (QED) is 0.603. The van der Waals surface area contributed by atoms with Crippen LogP contribution in [0, 0.1) is 5.41 Å². The summed E-state index contributed by atoms with van der Waals surface area (Å²) in [6.45, 7) is 11.9. The van der Waals surface area contributed by atoms with E-state index in [0.717, 1.165) is 32.1 Å². The van der Waals surface area contributed by atoms with Gasteiger partial charge in [0.1, 0.15) is 0 Å². The van der Waals surface area contributed by atoms with Crippen LogP contribution in [0.5, 0.6) is 0 Å². The smallest absolute Gasteiger partial charge is 0.212 e. The maximum absolute atomic E-state index is 12.2. The van der Waals surface area contributed by atoms with E-state index in [2.05, 4.69) is 27.7 Å². The zero-order valence-corrected chi connectivity index (χ0v) is 13.6. The average Bonchev–Trinajstić information content (AvgIpc) is 2.22. The molecular formula is C14H31NO2S. The molecule has 0 saturated heterocycles. The molecule has 0 saturated carbocycles. The van der Waals surface area contributed by atoms with Gasteiger partial charge in [-0.05, 0) is 24.7 Å². The Morgan fingerprint density at radius 2 is 1.56 bits per heavy atom. The van der Waals surface area contributed by atoms with Crippen LogP contribution in [0.25, 0.3) is 0 Å². The molecule has 0 heterocycles. The van der Waals surface area contributed by atoms with Crippen LogP contribution in [0.2, 0.25) is 0 Å². The molecule has 0 amide bonds. The molecule has 0 spiro atoms. The van der Waals surface area contributed by atoms with Crippen molar-refractivity contribution in [1.29, 1.82) is 0 Å². The van der Waals surface area contributed by atoms with E-state index < -0.39 is 10.0 Å². The first-order chi connectivity index (χ1) is 8.23. The summed E-state index contributed by atoms with van der Waals surface area (Å²) >= 11 is 0. The summed E-state index contributed by atoms with van der Waals surface area (Å²) in [6, 6.07) is 0. The first kappa shape index (κ1) is 17.9. The Bertz CT molecular complexity index is 304. The monoisotopic (exact) mass is 277 g/mol. The number of hydrogen-bond acceptors (Lipinski definition) is 2. The van der Waals surface area contributed by atoms with Crippen LogP contribution in [0.3, 0.4) is 0 Å². The lowest BCUT2D eigenvalue weighted by atomic mass is 9.92. The van der Waals surface area contributed by atoms with E-state index in [9.17, 15) is 8.42 Å². The van der Waals surface area contributed by atoms with Gasteiger partial charge in [-0.3, -0.25) is 0 Å². The lowest BCUT2D eigenvalue weighted by Crippen LogP contribution is -2.36. The van der Waals surface area contributed by atoms with Gasteiger partial charge in [0.05, 0.1) is 5.75 Å². The molecule has 4 heteroatoms. The minimum atomic E-state index is -3.05. The maximum atomic E-state index is 12.2. The third-order valence-electron chi connectivity index (χ3n) is 2.98. The predicted octanol–water partition coefficient (Wildman–Crippen LogP) is 3.65. The molecule has 110 valence electrons. The Morgan fingerprint density at radius 1 is 0.944 bits per heavy atom. The fourth-order valence-corrected chi connectivity index (χ4v) is 3.42. The van der Waals surface area contributed by atoms with Gasteiger partial charge in [0.15, 0.2) is 0 Å². The molecule has 0 aliphatic heterocycles. The number of sulfonamides is 1. The molecule has 0 rings (SSSR count). The summed E-state index contributed by atoms with van der Waals surface area (Å²) in [6.07, 6.45) is 4.65. The standard InChI is InChI=1S/C14H31NO2S/c1-6-8-9-13-18(16,17)15(11-7-2)12-10-14(3,4)5/h6-13H2,1-5H3. The minimum absolute atomic E-state index is 0.185. The van der Waals surface area contributed by atoms with E-state index in [4.69, 9.17) is 0 Å². The molecule has 0 atom stereocenters. The predicted molar refractivity (Wildman–Crippen MR) is 79.2 cm³/mol. The van der Waals surface area contributed by atoms with Crippen LogP contribution >= 0.6 is 0 Å². The van der Waals surface area contributed by atoms with Crippen molar-refractivity contribution in [3.63, 3.8) is 0 Å². The third-order valence-corrected chi connectivity index (χ3v) is 4.94. The molecule has 0 fully saturated rings. The lowest BCUT2D eigenvalue weighted by molar-refractivity contribution is 0.310.